The molecule has 0 spiro atoms. The predicted octanol–water partition coefficient (Wildman–Crippen LogP) is 3.47. The number of nitrogens with one attached hydrogen (secondary N) is 1. The molecule has 1 amide bonds. The topological polar surface area (TPSA) is 55.4 Å². The summed E-state index contributed by atoms with van der Waals surface area (Å²) in [5.74, 6) is -2.06. The Hall–Kier alpha value is -1.62. The smallest absolute Gasteiger partial charge is 0.343 e. The summed E-state index contributed by atoms with van der Waals surface area (Å²) in [6.45, 7) is -0.431. The number of benzene rings is 1. The Bertz CT molecular complexity index is 522. The van der Waals surface area contributed by atoms with Gasteiger partial charge in [-0.15, -0.1) is 0 Å². The first-order chi connectivity index (χ1) is 10.6. The lowest BCUT2D eigenvalue weighted by molar-refractivity contribution is -0.125. The fourth-order valence-corrected chi connectivity index (χ4v) is 2.83. The quantitative estimate of drug-likeness (QED) is 0.680. The van der Waals surface area contributed by atoms with E-state index in [1.165, 1.54) is 25.0 Å². The fourth-order valence-electron chi connectivity index (χ4n) is 2.59. The number of amides is 1. The number of esters is 1. The molecule has 1 aromatic rings. The molecule has 22 heavy (non-hydrogen) atoms. The molecular weight excluding hydrogens is 309 g/mol. The van der Waals surface area contributed by atoms with Crippen molar-refractivity contribution >= 4 is 23.5 Å². The van der Waals surface area contributed by atoms with Gasteiger partial charge in [-0.1, -0.05) is 43.4 Å². The van der Waals surface area contributed by atoms with E-state index in [-0.39, 0.29) is 22.5 Å². The third kappa shape index (κ3) is 4.70. The highest BCUT2D eigenvalue weighted by Crippen LogP contribution is 2.20. The monoisotopic (exact) mass is 327 g/mol. The molecule has 0 heterocycles. The molecule has 0 aliphatic heterocycles. The van der Waals surface area contributed by atoms with Crippen LogP contribution in [0.5, 0.6) is 0 Å². The molecule has 1 aliphatic rings. The van der Waals surface area contributed by atoms with Crippen molar-refractivity contribution in [3.8, 4) is 0 Å². The second kappa shape index (κ2) is 8.13. The maximum Gasteiger partial charge on any atom is 0.343 e. The van der Waals surface area contributed by atoms with Gasteiger partial charge in [-0.3, -0.25) is 4.79 Å². The largest absolute Gasteiger partial charge is 0.452 e. The van der Waals surface area contributed by atoms with Crippen molar-refractivity contribution in [2.45, 2.75) is 44.6 Å². The maximum absolute atomic E-state index is 13.6. The van der Waals surface area contributed by atoms with E-state index < -0.39 is 18.4 Å². The number of hydrogen-bond acceptors (Lipinski definition) is 3. The van der Waals surface area contributed by atoms with E-state index >= 15 is 0 Å². The lowest BCUT2D eigenvalue weighted by Gasteiger charge is -2.16. The van der Waals surface area contributed by atoms with Crippen LogP contribution in [0.1, 0.15) is 48.9 Å². The van der Waals surface area contributed by atoms with Gasteiger partial charge in [-0.05, 0) is 25.0 Å². The summed E-state index contributed by atoms with van der Waals surface area (Å²) in [4.78, 5) is 23.6. The van der Waals surface area contributed by atoms with Gasteiger partial charge in [-0.2, -0.15) is 0 Å². The molecule has 2 rings (SSSR count). The number of rotatable bonds is 4. The van der Waals surface area contributed by atoms with E-state index in [1.807, 2.05) is 0 Å². The molecule has 6 heteroatoms. The minimum Gasteiger partial charge on any atom is -0.452 e. The molecule has 1 aliphatic carbocycles. The highest BCUT2D eigenvalue weighted by atomic mass is 35.5. The fraction of sp³-hybridized carbons (Fsp3) is 0.500. The molecule has 0 radical (unpaired) electrons. The lowest BCUT2D eigenvalue weighted by Crippen LogP contribution is -2.37. The van der Waals surface area contributed by atoms with Crippen molar-refractivity contribution in [2.75, 3.05) is 6.61 Å². The van der Waals surface area contributed by atoms with Gasteiger partial charge < -0.3 is 10.1 Å². The van der Waals surface area contributed by atoms with Crippen LogP contribution in [-0.4, -0.2) is 24.5 Å². The molecule has 0 saturated heterocycles. The van der Waals surface area contributed by atoms with Crippen LogP contribution in [0.25, 0.3) is 0 Å². The normalized spacial score (nSPS) is 15.9. The predicted molar refractivity (Wildman–Crippen MR) is 81.3 cm³/mol. The Kier molecular flexibility index (Phi) is 6.19. The van der Waals surface area contributed by atoms with E-state index in [1.54, 1.807) is 0 Å². The highest BCUT2D eigenvalue weighted by Gasteiger charge is 2.20. The van der Waals surface area contributed by atoms with E-state index in [2.05, 4.69) is 5.32 Å². The number of carbonyl (C=O) groups is 2. The molecule has 0 atom stereocenters. The Morgan fingerprint density at radius 3 is 2.55 bits per heavy atom. The molecule has 1 N–H and O–H groups in total. The second-order valence-electron chi connectivity index (χ2n) is 5.43. The van der Waals surface area contributed by atoms with Crippen molar-refractivity contribution in [3.05, 3.63) is 34.6 Å². The van der Waals surface area contributed by atoms with Crippen LogP contribution < -0.4 is 5.32 Å². The maximum atomic E-state index is 13.6. The van der Waals surface area contributed by atoms with Gasteiger partial charge in [0.2, 0.25) is 0 Å². The Labute approximate surface area is 134 Å². The van der Waals surface area contributed by atoms with Gasteiger partial charge in [0.1, 0.15) is 11.4 Å². The number of carbonyl (C=O) groups excluding carboxylic acids is 2. The summed E-state index contributed by atoms with van der Waals surface area (Å²) in [7, 11) is 0. The van der Waals surface area contributed by atoms with Gasteiger partial charge in [0.25, 0.3) is 5.91 Å². The minimum atomic E-state index is -0.931. The summed E-state index contributed by atoms with van der Waals surface area (Å²) in [5, 5.41) is 2.82. The molecule has 0 unspecified atom stereocenters. The molecule has 1 aromatic carbocycles. The molecule has 0 bridgehead atoms. The molecule has 1 fully saturated rings. The van der Waals surface area contributed by atoms with Crippen molar-refractivity contribution in [2.24, 2.45) is 0 Å². The van der Waals surface area contributed by atoms with E-state index in [9.17, 15) is 14.0 Å². The summed E-state index contributed by atoms with van der Waals surface area (Å²) in [6, 6.07) is 4.04. The van der Waals surface area contributed by atoms with Crippen LogP contribution in [0.3, 0.4) is 0 Å². The van der Waals surface area contributed by atoms with E-state index in [4.69, 9.17) is 16.3 Å². The first kappa shape index (κ1) is 16.7. The van der Waals surface area contributed by atoms with Crippen LogP contribution in [0.4, 0.5) is 4.39 Å². The molecule has 1 saturated carbocycles. The van der Waals surface area contributed by atoms with Gasteiger partial charge in [0, 0.05) is 6.04 Å². The zero-order valence-electron chi connectivity index (χ0n) is 12.2. The summed E-state index contributed by atoms with van der Waals surface area (Å²) >= 11 is 5.77. The van der Waals surface area contributed by atoms with Crippen LogP contribution >= 0.6 is 11.6 Å². The third-order valence-corrected chi connectivity index (χ3v) is 4.04. The SMILES string of the molecule is O=C(COC(=O)c1c(F)cccc1Cl)NC1CCCCCC1. The molecular formula is C16H19ClFNO3. The van der Waals surface area contributed by atoms with Crippen molar-refractivity contribution in [3.63, 3.8) is 0 Å². The van der Waals surface area contributed by atoms with Crippen LogP contribution in [0.15, 0.2) is 18.2 Å². The van der Waals surface area contributed by atoms with Gasteiger partial charge in [-0.25, -0.2) is 9.18 Å². The zero-order chi connectivity index (χ0) is 15.9. The number of halogens is 2. The average molecular weight is 328 g/mol. The van der Waals surface area contributed by atoms with Gasteiger partial charge in [0.15, 0.2) is 6.61 Å². The highest BCUT2D eigenvalue weighted by molar-refractivity contribution is 6.33. The Morgan fingerprint density at radius 2 is 1.91 bits per heavy atom. The first-order valence-electron chi connectivity index (χ1n) is 7.48. The zero-order valence-corrected chi connectivity index (χ0v) is 13.0. The third-order valence-electron chi connectivity index (χ3n) is 3.72. The average Bonchev–Trinajstić information content (AvgIpc) is 2.73. The summed E-state index contributed by atoms with van der Waals surface area (Å²) in [5.41, 5.74) is -0.341. The summed E-state index contributed by atoms with van der Waals surface area (Å²) in [6.07, 6.45) is 6.45. The Balaban J connectivity index is 1.84. The first-order valence-corrected chi connectivity index (χ1v) is 7.86. The van der Waals surface area contributed by atoms with E-state index in [0.717, 1.165) is 31.7 Å². The van der Waals surface area contributed by atoms with Crippen LogP contribution in [-0.2, 0) is 9.53 Å². The van der Waals surface area contributed by atoms with Crippen molar-refractivity contribution < 1.29 is 18.7 Å². The lowest BCUT2D eigenvalue weighted by atomic mass is 10.1. The van der Waals surface area contributed by atoms with Crippen molar-refractivity contribution in [1.82, 2.24) is 5.32 Å². The standard InChI is InChI=1S/C16H19ClFNO3/c17-12-8-5-9-13(18)15(12)16(21)22-10-14(20)19-11-6-3-1-2-4-7-11/h5,8-9,11H,1-4,6-7,10H2,(H,19,20). The second-order valence-corrected chi connectivity index (χ2v) is 5.84. The number of hydrogen-bond donors (Lipinski definition) is 1. The van der Waals surface area contributed by atoms with Crippen LogP contribution in [0.2, 0.25) is 5.02 Å². The molecule has 0 aromatic heterocycles. The molecule has 4 nitrogen and oxygen atoms in total. The van der Waals surface area contributed by atoms with Gasteiger partial charge in [0.05, 0.1) is 5.02 Å². The van der Waals surface area contributed by atoms with Gasteiger partial charge >= 0.3 is 5.97 Å². The minimum absolute atomic E-state index is 0.0332. The number of ether oxygens (including phenoxy) is 1. The summed E-state index contributed by atoms with van der Waals surface area (Å²) < 4.78 is 18.4. The van der Waals surface area contributed by atoms with Crippen LogP contribution in [0, 0.1) is 5.82 Å². The van der Waals surface area contributed by atoms with Crippen molar-refractivity contribution in [1.29, 1.82) is 0 Å². The van der Waals surface area contributed by atoms with E-state index in [0.29, 0.717) is 0 Å². The molecule has 120 valence electrons. The Morgan fingerprint density at radius 1 is 1.23 bits per heavy atom.